The number of Topliss-reactive ketones (excluding diaryl/α,β-unsaturated/α-hetero) is 2. The first-order valence-corrected chi connectivity index (χ1v) is 37.9. The third-order valence-electron chi connectivity index (χ3n) is 20.6. The SMILES string of the molecule is CN(C)c1ccc(-c2nc3ccc(OC4CC(OCCCN5CCN(c6ccc7c(c6)C(=O)N(C6CCC(=O)CC6=O)C7=O)CC5)C4)cc3s2)cc1.CN(C)c1ccc(-c2nc3ccc(OC4CC(OCCCN5CCNCC5)C4)cc3s2)cc1.O=C1CCC(N2C(=O)c3ccc(F)cc3C2=O)C(=O)N1. The molecule has 548 valence electrons. The Morgan fingerprint density at radius 2 is 1.00 bits per heavy atom. The van der Waals surface area contributed by atoms with Crippen LogP contribution in [-0.4, -0.2) is 220 Å². The molecule has 23 nitrogen and oxygen atoms in total. The Kier molecular flexibility index (Phi) is 22.2. The van der Waals surface area contributed by atoms with Crippen LogP contribution in [0.1, 0.15) is 112 Å². The predicted octanol–water partition coefficient (Wildman–Crippen LogP) is 9.93. The number of carbonyl (C=O) groups is 8. The van der Waals surface area contributed by atoms with Gasteiger partial charge in [0.2, 0.25) is 11.8 Å². The van der Waals surface area contributed by atoms with Crippen LogP contribution in [0, 0.1) is 5.82 Å². The number of halogens is 1. The molecule has 2 N–H and O–H groups in total. The van der Waals surface area contributed by atoms with Gasteiger partial charge in [-0.2, -0.15) is 0 Å². The third-order valence-corrected chi connectivity index (χ3v) is 22.8. The van der Waals surface area contributed by atoms with Gasteiger partial charge in [-0.1, -0.05) is 0 Å². The van der Waals surface area contributed by atoms with Gasteiger partial charge in [0, 0.05) is 174 Å². The number of thiazole rings is 2. The van der Waals surface area contributed by atoms with Crippen LogP contribution in [0.25, 0.3) is 41.6 Å². The lowest BCUT2D eigenvalue weighted by molar-refractivity contribution is -0.136. The number of carbonyl (C=O) groups excluding carboxylic acids is 8. The van der Waals surface area contributed by atoms with Gasteiger partial charge in [0.25, 0.3) is 23.6 Å². The van der Waals surface area contributed by atoms with Crippen molar-refractivity contribution in [3.63, 3.8) is 0 Å². The molecule has 26 heteroatoms. The number of rotatable bonds is 21. The normalized spacial score (nSPS) is 21.9. The van der Waals surface area contributed by atoms with Crippen molar-refractivity contribution < 1.29 is 61.7 Å². The molecular formula is C79H86FN11O12S2. The molecule has 2 atom stereocenters. The number of amides is 6. The number of anilines is 3. The summed E-state index contributed by atoms with van der Waals surface area (Å²) < 4.78 is 40.2. The van der Waals surface area contributed by atoms with Crippen LogP contribution in [-0.2, 0) is 28.7 Å². The Hall–Kier alpha value is -9.41. The van der Waals surface area contributed by atoms with E-state index in [0.29, 0.717) is 17.2 Å². The van der Waals surface area contributed by atoms with Crippen LogP contribution in [0.5, 0.6) is 11.5 Å². The van der Waals surface area contributed by atoms with E-state index in [1.54, 1.807) is 34.8 Å². The number of piperazine rings is 2. The van der Waals surface area contributed by atoms with E-state index in [4.69, 9.17) is 28.9 Å². The van der Waals surface area contributed by atoms with Crippen LogP contribution in [0.3, 0.4) is 0 Å². The number of nitrogens with one attached hydrogen (secondary N) is 2. The highest BCUT2D eigenvalue weighted by Gasteiger charge is 2.46. The van der Waals surface area contributed by atoms with E-state index in [2.05, 4.69) is 116 Å². The minimum atomic E-state index is -1.02. The lowest BCUT2D eigenvalue weighted by atomic mass is 9.92. The monoisotopic (exact) mass is 1460 g/mol. The number of hydrogen-bond donors (Lipinski definition) is 2. The van der Waals surface area contributed by atoms with Crippen molar-refractivity contribution in [1.29, 1.82) is 0 Å². The van der Waals surface area contributed by atoms with E-state index >= 15 is 0 Å². The summed E-state index contributed by atoms with van der Waals surface area (Å²) in [6, 6.07) is 36.2. The zero-order valence-electron chi connectivity index (χ0n) is 59.4. The zero-order valence-corrected chi connectivity index (χ0v) is 61.0. The summed E-state index contributed by atoms with van der Waals surface area (Å²) in [4.78, 5) is 121. The highest BCUT2D eigenvalue weighted by Crippen LogP contribution is 2.39. The van der Waals surface area contributed by atoms with Gasteiger partial charge < -0.3 is 43.9 Å². The average Bonchev–Trinajstić information content (AvgIpc) is 1.62. The van der Waals surface area contributed by atoms with E-state index in [0.717, 1.165) is 193 Å². The van der Waals surface area contributed by atoms with Gasteiger partial charge >= 0.3 is 0 Å². The van der Waals surface area contributed by atoms with Gasteiger partial charge in [-0.15, -0.1) is 22.7 Å². The largest absolute Gasteiger partial charge is 0.490 e. The Morgan fingerprint density at radius 1 is 0.514 bits per heavy atom. The molecule has 3 saturated carbocycles. The molecule has 0 radical (unpaired) electrons. The lowest BCUT2D eigenvalue weighted by Crippen LogP contribution is -2.54. The van der Waals surface area contributed by atoms with Crippen LogP contribution >= 0.6 is 22.7 Å². The van der Waals surface area contributed by atoms with Crippen molar-refractivity contribution in [3.8, 4) is 32.6 Å². The van der Waals surface area contributed by atoms with Gasteiger partial charge in [-0.05, 0) is 147 Å². The number of ketones is 2. The molecule has 0 bridgehead atoms. The molecule has 8 aromatic rings. The smallest absolute Gasteiger partial charge is 0.262 e. The summed E-state index contributed by atoms with van der Waals surface area (Å²) in [7, 11) is 8.19. The number of fused-ring (bicyclic) bond motifs is 4. The second-order valence-corrected chi connectivity index (χ2v) is 30.4. The number of benzene rings is 6. The second kappa shape index (κ2) is 32.1. The maximum atomic E-state index is 13.3. The molecule has 5 aliphatic heterocycles. The van der Waals surface area contributed by atoms with E-state index in [1.807, 2.05) is 38.4 Å². The van der Waals surface area contributed by atoms with Gasteiger partial charge in [0.1, 0.15) is 51.4 Å². The minimum absolute atomic E-state index is 0.0537. The molecule has 0 spiro atoms. The second-order valence-electron chi connectivity index (χ2n) is 28.3. The maximum absolute atomic E-state index is 13.3. The number of piperidine rings is 1. The number of imide groups is 3. The quantitative estimate of drug-likeness (QED) is 0.0386. The number of nitrogens with zero attached hydrogens (tertiary/aromatic N) is 9. The molecule has 3 aliphatic carbocycles. The van der Waals surface area contributed by atoms with Crippen molar-refractivity contribution in [2.75, 3.05) is 122 Å². The fourth-order valence-electron chi connectivity index (χ4n) is 14.4. The fraction of sp³-hybridized carbons (Fsp3) is 0.418. The first kappa shape index (κ1) is 72.5. The van der Waals surface area contributed by atoms with Crippen molar-refractivity contribution in [2.24, 2.45) is 0 Å². The third kappa shape index (κ3) is 16.7. The van der Waals surface area contributed by atoms with Gasteiger partial charge in [0.05, 0.1) is 67.4 Å². The molecule has 3 saturated heterocycles. The number of aromatic nitrogens is 2. The summed E-state index contributed by atoms with van der Waals surface area (Å²) in [6.07, 6.45) is 7.18. The highest BCUT2D eigenvalue weighted by molar-refractivity contribution is 7.22. The summed E-state index contributed by atoms with van der Waals surface area (Å²) in [5.41, 5.74) is 8.23. The highest BCUT2D eigenvalue weighted by atomic mass is 32.1. The van der Waals surface area contributed by atoms with Crippen LogP contribution in [0.2, 0.25) is 0 Å². The predicted molar refractivity (Wildman–Crippen MR) is 400 cm³/mol. The van der Waals surface area contributed by atoms with Crippen LogP contribution in [0.15, 0.2) is 121 Å². The van der Waals surface area contributed by atoms with Crippen LogP contribution < -0.4 is 34.8 Å². The molecule has 2 aromatic heterocycles. The summed E-state index contributed by atoms with van der Waals surface area (Å²) in [5, 5.41) is 7.54. The molecule has 2 unspecified atom stereocenters. The zero-order chi connectivity index (χ0) is 73.0. The molecular weight excluding hydrogens is 1380 g/mol. The van der Waals surface area contributed by atoms with E-state index in [-0.39, 0.29) is 73.1 Å². The molecule has 8 aliphatic rings. The maximum Gasteiger partial charge on any atom is 0.262 e. The van der Waals surface area contributed by atoms with Crippen molar-refractivity contribution in [3.05, 3.63) is 149 Å². The summed E-state index contributed by atoms with van der Waals surface area (Å²) in [5.74, 6) is -2.65. The van der Waals surface area contributed by atoms with Gasteiger partial charge in [0.15, 0.2) is 5.78 Å². The van der Waals surface area contributed by atoms with Gasteiger partial charge in [-0.3, -0.25) is 58.4 Å². The van der Waals surface area contributed by atoms with Crippen molar-refractivity contribution >= 4 is 107 Å². The fourth-order valence-corrected chi connectivity index (χ4v) is 16.4. The number of hydrogen-bond acceptors (Lipinski definition) is 22. The standard InChI is InChI=1S/C40H43N5O6S.C26H34N4O2S.C13H9FN2O4/c1-42(2)26-6-4-25(5-7-26)38-41-34-12-10-29(24-37(34)52-38)51-31-22-30(23-31)50-19-3-14-43-15-17-44(18-16-43)27-8-11-32-33(20-27)40(49)45(39(32)48)35-13-9-28(46)21-36(35)47;1-29(2)20-6-4-19(5-7-20)26-28-24-9-8-21(18-25(24)33-26)32-23-16-22(17-23)31-15-3-12-30-13-10-27-11-14-30;14-6-1-2-7-8(5-6)13(20)16(12(7)19)9-3-4-10(17)15-11(9)18/h4-8,10-12,20,24,30-31,35H,3,9,13-19,21-23H2,1-2H3;4-9,18,22-23,27H,3,10-17H2,1-2H3;1-2,5,9H,3-4H2,(H,15,17,18). The minimum Gasteiger partial charge on any atom is -0.490 e. The van der Waals surface area contributed by atoms with E-state index in [9.17, 15) is 42.7 Å². The Bertz CT molecular complexity index is 4580. The molecule has 105 heavy (non-hydrogen) atoms. The Balaban J connectivity index is 0.000000148. The summed E-state index contributed by atoms with van der Waals surface area (Å²) >= 11 is 3.41. The molecule has 7 heterocycles. The first-order valence-electron chi connectivity index (χ1n) is 36.2. The molecule has 6 amide bonds. The Morgan fingerprint density at radius 3 is 1.51 bits per heavy atom. The molecule has 16 rings (SSSR count). The van der Waals surface area contributed by atoms with Crippen LogP contribution in [0.4, 0.5) is 21.5 Å². The Labute approximate surface area is 616 Å². The molecule has 6 fully saturated rings. The van der Waals surface area contributed by atoms with Crippen molar-refractivity contribution in [1.82, 2.24) is 40.2 Å². The molecule has 6 aromatic carbocycles. The lowest BCUT2D eigenvalue weighted by Gasteiger charge is -2.37. The van der Waals surface area contributed by atoms with Crippen molar-refractivity contribution in [2.45, 2.75) is 107 Å². The van der Waals surface area contributed by atoms with E-state index in [1.165, 1.54) is 22.1 Å². The first-order chi connectivity index (χ1) is 50.8. The topological polar surface area (TPSA) is 246 Å². The van der Waals surface area contributed by atoms with Gasteiger partial charge in [-0.25, -0.2) is 14.4 Å². The van der Waals surface area contributed by atoms with E-state index < -0.39 is 53.3 Å². The average molecular weight is 1460 g/mol. The summed E-state index contributed by atoms with van der Waals surface area (Å²) in [6.45, 7) is 11.6. The number of ether oxygens (including phenoxy) is 4.